The third-order valence-corrected chi connectivity index (χ3v) is 2.38. The normalized spacial score (nSPS) is 10.0. The lowest BCUT2D eigenvalue weighted by atomic mass is 10.1. The molecule has 0 heterocycles. The Morgan fingerprint density at radius 1 is 1.44 bits per heavy atom. The van der Waals surface area contributed by atoms with E-state index in [-0.39, 0.29) is 23.8 Å². The third-order valence-electron chi connectivity index (χ3n) is 2.38. The third kappa shape index (κ3) is 4.89. The number of nitrogens with one attached hydrogen (secondary N) is 2. The van der Waals surface area contributed by atoms with E-state index in [0.29, 0.717) is 5.69 Å². The molecule has 0 spiro atoms. The Labute approximate surface area is 113 Å². The van der Waals surface area contributed by atoms with Gasteiger partial charge in [0.25, 0.3) is 0 Å². The molecule has 0 bridgehead atoms. The molecule has 4 N–H and O–H groups in total. The standard InChI is InChI=1S/C12H19FN4.ClH/c1-17(2)8-4-7-16-10-6-3-5-9(13)11(10)12(14)15;/h3,5-6,16H,4,7-8H2,1-2H3,(H3,14,15);1H. The van der Waals surface area contributed by atoms with E-state index in [0.717, 1.165) is 19.5 Å². The first kappa shape index (κ1) is 16.7. The molecule has 1 rings (SSSR count). The fraction of sp³-hybridized carbons (Fsp3) is 0.417. The van der Waals surface area contributed by atoms with Gasteiger partial charge in [-0.25, -0.2) is 4.39 Å². The minimum absolute atomic E-state index is 0. The first-order valence-electron chi connectivity index (χ1n) is 5.54. The van der Waals surface area contributed by atoms with Gasteiger partial charge in [-0.05, 0) is 39.2 Å². The second-order valence-electron chi connectivity index (χ2n) is 4.16. The summed E-state index contributed by atoms with van der Waals surface area (Å²) in [7, 11) is 4.01. The van der Waals surface area contributed by atoms with Crippen LogP contribution in [0.4, 0.5) is 10.1 Å². The summed E-state index contributed by atoms with van der Waals surface area (Å²) in [5.74, 6) is -0.715. The number of nitrogens with two attached hydrogens (primary N) is 1. The van der Waals surface area contributed by atoms with Crippen molar-refractivity contribution in [3.8, 4) is 0 Å². The van der Waals surface area contributed by atoms with Crippen LogP contribution in [0.3, 0.4) is 0 Å². The van der Waals surface area contributed by atoms with Gasteiger partial charge in [-0.1, -0.05) is 6.07 Å². The monoisotopic (exact) mass is 274 g/mol. The number of benzene rings is 1. The van der Waals surface area contributed by atoms with Gasteiger partial charge in [0.05, 0.1) is 5.56 Å². The first-order valence-corrected chi connectivity index (χ1v) is 5.54. The molecule has 0 radical (unpaired) electrons. The summed E-state index contributed by atoms with van der Waals surface area (Å²) in [6.07, 6.45) is 0.945. The SMILES string of the molecule is CN(C)CCCNc1cccc(F)c1C(=N)N.Cl. The molecule has 102 valence electrons. The molecule has 6 heteroatoms. The molecule has 0 aliphatic rings. The molecule has 0 saturated carbocycles. The van der Waals surface area contributed by atoms with Crippen molar-refractivity contribution >= 4 is 23.9 Å². The van der Waals surface area contributed by atoms with Crippen LogP contribution in [0.2, 0.25) is 0 Å². The average Bonchev–Trinajstić information content (AvgIpc) is 2.23. The van der Waals surface area contributed by atoms with Gasteiger partial charge in [-0.15, -0.1) is 12.4 Å². The molecule has 0 atom stereocenters. The molecule has 18 heavy (non-hydrogen) atoms. The predicted molar refractivity (Wildman–Crippen MR) is 76.3 cm³/mol. The van der Waals surface area contributed by atoms with E-state index >= 15 is 0 Å². The van der Waals surface area contributed by atoms with Crippen LogP contribution in [0.1, 0.15) is 12.0 Å². The molecule has 0 unspecified atom stereocenters. The highest BCUT2D eigenvalue weighted by atomic mass is 35.5. The molecule has 4 nitrogen and oxygen atoms in total. The van der Waals surface area contributed by atoms with Crippen molar-refractivity contribution in [1.82, 2.24) is 4.90 Å². The smallest absolute Gasteiger partial charge is 0.136 e. The van der Waals surface area contributed by atoms with E-state index in [1.54, 1.807) is 12.1 Å². The molecular formula is C12H20ClFN4. The van der Waals surface area contributed by atoms with E-state index in [4.69, 9.17) is 11.1 Å². The summed E-state index contributed by atoms with van der Waals surface area (Å²) in [6.45, 7) is 1.68. The Balaban J connectivity index is 0.00000289. The zero-order valence-electron chi connectivity index (χ0n) is 10.7. The van der Waals surface area contributed by atoms with Crippen molar-refractivity contribution in [1.29, 1.82) is 5.41 Å². The van der Waals surface area contributed by atoms with Crippen molar-refractivity contribution in [3.05, 3.63) is 29.6 Å². The Hall–Kier alpha value is -1.33. The minimum atomic E-state index is -0.463. The quantitative estimate of drug-likeness (QED) is 0.422. The van der Waals surface area contributed by atoms with Crippen molar-refractivity contribution in [2.75, 3.05) is 32.5 Å². The van der Waals surface area contributed by atoms with Crippen molar-refractivity contribution in [3.63, 3.8) is 0 Å². The number of hydrogen-bond donors (Lipinski definition) is 3. The Kier molecular flexibility index (Phi) is 7.31. The van der Waals surface area contributed by atoms with Crippen LogP contribution in [0, 0.1) is 11.2 Å². The van der Waals surface area contributed by atoms with Crippen LogP contribution in [0.15, 0.2) is 18.2 Å². The van der Waals surface area contributed by atoms with E-state index in [1.165, 1.54) is 6.07 Å². The zero-order chi connectivity index (χ0) is 12.8. The molecular weight excluding hydrogens is 255 g/mol. The molecule has 0 aromatic heterocycles. The fourth-order valence-corrected chi connectivity index (χ4v) is 1.56. The van der Waals surface area contributed by atoms with Gasteiger partial charge in [-0.2, -0.15) is 0 Å². The van der Waals surface area contributed by atoms with Gasteiger partial charge in [0.15, 0.2) is 0 Å². The molecule has 0 fully saturated rings. The number of anilines is 1. The highest BCUT2D eigenvalue weighted by Crippen LogP contribution is 2.18. The molecule has 1 aromatic carbocycles. The van der Waals surface area contributed by atoms with Crippen LogP contribution in [-0.2, 0) is 0 Å². The summed E-state index contributed by atoms with van der Waals surface area (Å²) < 4.78 is 13.5. The number of nitrogens with zero attached hydrogens (tertiary/aromatic N) is 1. The summed E-state index contributed by atoms with van der Waals surface area (Å²) in [4.78, 5) is 2.08. The lowest BCUT2D eigenvalue weighted by molar-refractivity contribution is 0.405. The minimum Gasteiger partial charge on any atom is -0.384 e. The Bertz CT molecular complexity index is 396. The van der Waals surface area contributed by atoms with Crippen molar-refractivity contribution in [2.45, 2.75) is 6.42 Å². The van der Waals surface area contributed by atoms with E-state index in [1.807, 2.05) is 14.1 Å². The largest absolute Gasteiger partial charge is 0.384 e. The first-order chi connectivity index (χ1) is 8.02. The topological polar surface area (TPSA) is 65.1 Å². The molecule has 0 saturated heterocycles. The predicted octanol–water partition coefficient (Wildman–Crippen LogP) is 1.90. The lowest BCUT2D eigenvalue weighted by Gasteiger charge is -2.13. The van der Waals surface area contributed by atoms with E-state index < -0.39 is 5.82 Å². The van der Waals surface area contributed by atoms with Crippen LogP contribution < -0.4 is 11.1 Å². The second-order valence-corrected chi connectivity index (χ2v) is 4.16. The highest BCUT2D eigenvalue weighted by molar-refractivity contribution is 6.00. The van der Waals surface area contributed by atoms with Crippen LogP contribution in [0.25, 0.3) is 0 Å². The molecule has 1 aromatic rings. The number of hydrogen-bond acceptors (Lipinski definition) is 3. The molecule has 0 aliphatic carbocycles. The van der Waals surface area contributed by atoms with Crippen molar-refractivity contribution < 1.29 is 4.39 Å². The zero-order valence-corrected chi connectivity index (χ0v) is 11.5. The van der Waals surface area contributed by atoms with Crippen molar-refractivity contribution in [2.24, 2.45) is 5.73 Å². The van der Waals surface area contributed by atoms with E-state index in [2.05, 4.69) is 10.2 Å². The van der Waals surface area contributed by atoms with Crippen LogP contribution >= 0.6 is 12.4 Å². The maximum absolute atomic E-state index is 13.5. The summed E-state index contributed by atoms with van der Waals surface area (Å²) >= 11 is 0. The number of rotatable bonds is 6. The van der Waals surface area contributed by atoms with Gasteiger partial charge in [0, 0.05) is 12.2 Å². The van der Waals surface area contributed by atoms with Crippen LogP contribution in [-0.4, -0.2) is 37.9 Å². The maximum Gasteiger partial charge on any atom is 0.136 e. The van der Waals surface area contributed by atoms with Gasteiger partial charge in [0.1, 0.15) is 11.7 Å². The van der Waals surface area contributed by atoms with E-state index in [9.17, 15) is 4.39 Å². The summed E-state index contributed by atoms with van der Waals surface area (Å²) in [5, 5.41) is 10.5. The average molecular weight is 275 g/mol. The van der Waals surface area contributed by atoms with Gasteiger partial charge in [0.2, 0.25) is 0 Å². The Morgan fingerprint density at radius 3 is 2.67 bits per heavy atom. The second kappa shape index (κ2) is 7.89. The lowest BCUT2D eigenvalue weighted by Crippen LogP contribution is -2.19. The molecule has 0 aliphatic heterocycles. The number of halogens is 2. The number of amidine groups is 1. The fourth-order valence-electron chi connectivity index (χ4n) is 1.56. The summed E-state index contributed by atoms with van der Waals surface area (Å²) in [6, 6.07) is 4.65. The Morgan fingerprint density at radius 2 is 2.11 bits per heavy atom. The number of nitrogen functional groups attached to an aromatic ring is 1. The highest BCUT2D eigenvalue weighted by Gasteiger charge is 2.10. The van der Waals surface area contributed by atoms with Gasteiger partial charge < -0.3 is 16.0 Å². The summed E-state index contributed by atoms with van der Waals surface area (Å²) in [5.41, 5.74) is 6.09. The van der Waals surface area contributed by atoms with Gasteiger partial charge >= 0.3 is 0 Å². The van der Waals surface area contributed by atoms with Gasteiger partial charge in [-0.3, -0.25) is 5.41 Å². The molecule has 0 amide bonds. The maximum atomic E-state index is 13.5. The van der Waals surface area contributed by atoms with Crippen LogP contribution in [0.5, 0.6) is 0 Å².